The summed E-state index contributed by atoms with van der Waals surface area (Å²) in [7, 11) is -2.42. The molecule has 3 aromatic rings. The van der Waals surface area contributed by atoms with E-state index >= 15 is 0 Å². The van der Waals surface area contributed by atoms with Gasteiger partial charge < -0.3 is 14.8 Å². The van der Waals surface area contributed by atoms with Crippen molar-refractivity contribution in [2.24, 2.45) is 0 Å². The Morgan fingerprint density at radius 3 is 2.22 bits per heavy atom. The van der Waals surface area contributed by atoms with Gasteiger partial charge in [0.1, 0.15) is 16.4 Å². The van der Waals surface area contributed by atoms with Gasteiger partial charge in [0, 0.05) is 18.7 Å². The van der Waals surface area contributed by atoms with Crippen LogP contribution < -0.4 is 14.8 Å². The number of rotatable bonds is 9. The first-order valence-electron chi connectivity index (χ1n) is 10.2. The van der Waals surface area contributed by atoms with Crippen molar-refractivity contribution in [2.75, 3.05) is 25.5 Å². The van der Waals surface area contributed by atoms with Gasteiger partial charge in [-0.15, -0.1) is 0 Å². The van der Waals surface area contributed by atoms with Gasteiger partial charge in [0.2, 0.25) is 10.0 Å². The van der Waals surface area contributed by atoms with E-state index in [1.807, 2.05) is 30.3 Å². The molecule has 3 rings (SSSR count). The van der Waals surface area contributed by atoms with Gasteiger partial charge in [-0.1, -0.05) is 44.2 Å². The fourth-order valence-corrected chi connectivity index (χ4v) is 4.83. The number of para-hydroxylation sites is 3. The normalized spacial score (nSPS) is 11.2. The second-order valence-corrected chi connectivity index (χ2v) is 8.73. The van der Waals surface area contributed by atoms with Crippen LogP contribution in [-0.4, -0.2) is 38.8 Å². The molecule has 0 saturated heterocycles. The summed E-state index contributed by atoms with van der Waals surface area (Å²) < 4.78 is 38.6. The summed E-state index contributed by atoms with van der Waals surface area (Å²) in [6.45, 7) is 4.13. The summed E-state index contributed by atoms with van der Waals surface area (Å²) in [5.41, 5.74) is 0.649. The van der Waals surface area contributed by atoms with Crippen LogP contribution in [0.25, 0.3) is 0 Å². The quantitative estimate of drug-likeness (QED) is 0.503. The Morgan fingerprint density at radius 1 is 0.906 bits per heavy atom. The van der Waals surface area contributed by atoms with Gasteiger partial charge in [0.05, 0.1) is 12.8 Å². The summed E-state index contributed by atoms with van der Waals surface area (Å²) >= 11 is 0. The molecule has 0 aliphatic carbocycles. The molecular formula is C24H26N2O5S. The number of amides is 1. The molecule has 0 unspecified atom stereocenters. The number of methoxy groups -OCH3 is 1. The van der Waals surface area contributed by atoms with Gasteiger partial charge in [0.25, 0.3) is 5.91 Å². The molecular weight excluding hydrogens is 428 g/mol. The second-order valence-electron chi connectivity index (χ2n) is 6.82. The van der Waals surface area contributed by atoms with Crippen molar-refractivity contribution in [3.63, 3.8) is 0 Å². The lowest BCUT2D eigenvalue weighted by molar-refractivity contribution is 0.102. The summed E-state index contributed by atoms with van der Waals surface area (Å²) in [6, 6.07) is 20.6. The topological polar surface area (TPSA) is 84.9 Å². The van der Waals surface area contributed by atoms with Crippen LogP contribution in [0, 0.1) is 0 Å². The summed E-state index contributed by atoms with van der Waals surface area (Å²) in [6.07, 6.45) is 0. The van der Waals surface area contributed by atoms with E-state index in [2.05, 4.69) is 5.32 Å². The molecule has 0 heterocycles. The monoisotopic (exact) mass is 454 g/mol. The molecule has 32 heavy (non-hydrogen) atoms. The van der Waals surface area contributed by atoms with Crippen LogP contribution in [0.5, 0.6) is 17.2 Å². The Morgan fingerprint density at radius 2 is 1.56 bits per heavy atom. The van der Waals surface area contributed by atoms with Gasteiger partial charge in [-0.05, 0) is 42.5 Å². The zero-order valence-corrected chi connectivity index (χ0v) is 19.1. The van der Waals surface area contributed by atoms with Crippen LogP contribution in [0.15, 0.2) is 77.7 Å². The van der Waals surface area contributed by atoms with E-state index in [1.54, 1.807) is 38.1 Å². The van der Waals surface area contributed by atoms with E-state index in [4.69, 9.17) is 9.47 Å². The third kappa shape index (κ3) is 5.09. The van der Waals surface area contributed by atoms with E-state index in [1.165, 1.54) is 29.6 Å². The van der Waals surface area contributed by atoms with Crippen LogP contribution in [-0.2, 0) is 10.0 Å². The molecule has 1 N–H and O–H groups in total. The van der Waals surface area contributed by atoms with E-state index in [-0.39, 0.29) is 16.2 Å². The zero-order chi connectivity index (χ0) is 23.1. The van der Waals surface area contributed by atoms with Gasteiger partial charge in [-0.3, -0.25) is 4.79 Å². The number of carbonyl (C=O) groups excluding carboxylic acids is 1. The number of anilines is 1. The maximum Gasteiger partial charge on any atom is 0.255 e. The fraction of sp³-hybridized carbons (Fsp3) is 0.208. The van der Waals surface area contributed by atoms with Crippen molar-refractivity contribution in [3.05, 3.63) is 78.4 Å². The highest BCUT2D eigenvalue weighted by atomic mass is 32.2. The average molecular weight is 455 g/mol. The smallest absolute Gasteiger partial charge is 0.255 e. The average Bonchev–Trinajstić information content (AvgIpc) is 2.81. The van der Waals surface area contributed by atoms with Crippen LogP contribution >= 0.6 is 0 Å². The Hall–Kier alpha value is -3.36. The first kappa shape index (κ1) is 23.3. The Bertz CT molecular complexity index is 1180. The van der Waals surface area contributed by atoms with Crippen molar-refractivity contribution in [3.8, 4) is 17.2 Å². The Labute approximate surface area is 188 Å². The van der Waals surface area contributed by atoms with Gasteiger partial charge >= 0.3 is 0 Å². The zero-order valence-electron chi connectivity index (χ0n) is 18.2. The van der Waals surface area contributed by atoms with E-state index < -0.39 is 15.9 Å². The van der Waals surface area contributed by atoms with Crippen molar-refractivity contribution in [2.45, 2.75) is 18.7 Å². The van der Waals surface area contributed by atoms with E-state index in [9.17, 15) is 13.2 Å². The van der Waals surface area contributed by atoms with Crippen molar-refractivity contribution < 1.29 is 22.7 Å². The van der Waals surface area contributed by atoms with Crippen LogP contribution in [0.3, 0.4) is 0 Å². The lowest BCUT2D eigenvalue weighted by Gasteiger charge is -2.20. The largest absolute Gasteiger partial charge is 0.495 e. The van der Waals surface area contributed by atoms with Crippen LogP contribution in [0.2, 0.25) is 0 Å². The molecule has 0 atom stereocenters. The van der Waals surface area contributed by atoms with E-state index in [0.29, 0.717) is 30.3 Å². The highest BCUT2D eigenvalue weighted by Gasteiger charge is 2.27. The number of hydrogen-bond acceptors (Lipinski definition) is 5. The number of sulfonamides is 1. The third-order valence-corrected chi connectivity index (χ3v) is 6.93. The van der Waals surface area contributed by atoms with Crippen LogP contribution in [0.1, 0.15) is 24.2 Å². The molecule has 0 spiro atoms. The summed E-state index contributed by atoms with van der Waals surface area (Å²) in [5, 5.41) is 2.81. The number of nitrogens with zero attached hydrogens (tertiary/aromatic N) is 1. The standard InChI is InChI=1S/C24H26N2O5S/c1-4-26(5-2)32(28,29)23-17-18(15-16-22(23)30-3)24(27)25-20-13-9-10-14-21(20)31-19-11-7-6-8-12-19/h6-17H,4-5H2,1-3H3,(H,25,27). The predicted octanol–water partition coefficient (Wildman–Crippen LogP) is 4.77. The van der Waals surface area contributed by atoms with E-state index in [0.717, 1.165) is 0 Å². The Balaban J connectivity index is 1.91. The molecule has 7 nitrogen and oxygen atoms in total. The molecule has 0 aliphatic heterocycles. The molecule has 0 radical (unpaired) electrons. The highest BCUT2D eigenvalue weighted by molar-refractivity contribution is 7.89. The SMILES string of the molecule is CCN(CC)S(=O)(=O)c1cc(C(=O)Nc2ccccc2Oc2ccccc2)ccc1OC. The van der Waals surface area contributed by atoms with Gasteiger partial charge in [-0.25, -0.2) is 8.42 Å². The maximum atomic E-state index is 13.1. The molecule has 0 aromatic heterocycles. The van der Waals surface area contributed by atoms with Gasteiger partial charge in [-0.2, -0.15) is 4.31 Å². The number of nitrogens with one attached hydrogen (secondary N) is 1. The minimum Gasteiger partial charge on any atom is -0.495 e. The third-order valence-electron chi connectivity index (χ3n) is 4.86. The lowest BCUT2D eigenvalue weighted by atomic mass is 10.2. The molecule has 1 amide bonds. The molecule has 8 heteroatoms. The van der Waals surface area contributed by atoms with Gasteiger partial charge in [0.15, 0.2) is 5.75 Å². The number of carbonyl (C=O) groups is 1. The number of hydrogen-bond donors (Lipinski definition) is 1. The molecule has 0 saturated carbocycles. The molecule has 168 valence electrons. The number of ether oxygens (including phenoxy) is 2. The highest BCUT2D eigenvalue weighted by Crippen LogP contribution is 2.31. The maximum absolute atomic E-state index is 13.1. The van der Waals surface area contributed by atoms with Crippen molar-refractivity contribution >= 4 is 21.6 Å². The van der Waals surface area contributed by atoms with Crippen LogP contribution in [0.4, 0.5) is 5.69 Å². The first-order valence-corrected chi connectivity index (χ1v) is 11.7. The summed E-state index contributed by atoms with van der Waals surface area (Å²) in [4.78, 5) is 12.9. The molecule has 3 aromatic carbocycles. The number of benzene rings is 3. The molecule has 0 aliphatic rings. The minimum absolute atomic E-state index is 0.0508. The summed E-state index contributed by atoms with van der Waals surface area (Å²) in [5.74, 6) is 0.816. The van der Waals surface area contributed by atoms with Crippen molar-refractivity contribution in [1.29, 1.82) is 0 Å². The fourth-order valence-electron chi connectivity index (χ4n) is 3.19. The lowest BCUT2D eigenvalue weighted by Crippen LogP contribution is -2.31. The Kier molecular flexibility index (Phi) is 7.50. The van der Waals surface area contributed by atoms with Crippen molar-refractivity contribution in [1.82, 2.24) is 4.31 Å². The second kappa shape index (κ2) is 10.3. The minimum atomic E-state index is -3.82. The molecule has 0 bridgehead atoms. The molecule has 0 fully saturated rings. The first-order chi connectivity index (χ1) is 15.4. The predicted molar refractivity (Wildman–Crippen MR) is 124 cm³/mol.